The number of anilines is 1. The van der Waals surface area contributed by atoms with Gasteiger partial charge in [-0.25, -0.2) is 4.79 Å². The summed E-state index contributed by atoms with van der Waals surface area (Å²) in [6.07, 6.45) is 1.58. The van der Waals surface area contributed by atoms with E-state index in [9.17, 15) is 9.59 Å². The summed E-state index contributed by atoms with van der Waals surface area (Å²) < 4.78 is 5.22. The molecule has 0 bridgehead atoms. The normalized spacial score (nSPS) is 11.1. The molecule has 1 rings (SSSR count). The summed E-state index contributed by atoms with van der Waals surface area (Å²) in [5.41, 5.74) is 0.652. The van der Waals surface area contributed by atoms with Gasteiger partial charge in [-0.05, 0) is 27.7 Å². The molecule has 1 heterocycles. The maximum absolute atomic E-state index is 11.9. The minimum absolute atomic E-state index is 0.0602. The van der Waals surface area contributed by atoms with E-state index in [2.05, 4.69) is 10.2 Å². The molecule has 1 aromatic heterocycles. The molecule has 1 amide bonds. The average molecular weight is 239 g/mol. The SMILES string of the molecule is Cc1[nH]ncc1N(CC=O)C(=O)OC(C)(C)C. The van der Waals surface area contributed by atoms with E-state index in [0.29, 0.717) is 17.7 Å². The first-order valence-corrected chi connectivity index (χ1v) is 5.29. The van der Waals surface area contributed by atoms with Crippen LogP contribution in [0.3, 0.4) is 0 Å². The van der Waals surface area contributed by atoms with Gasteiger partial charge in [0.05, 0.1) is 24.1 Å². The van der Waals surface area contributed by atoms with Crippen LogP contribution in [-0.4, -0.2) is 34.7 Å². The first kappa shape index (κ1) is 13.2. The van der Waals surface area contributed by atoms with Crippen molar-refractivity contribution < 1.29 is 14.3 Å². The van der Waals surface area contributed by atoms with Gasteiger partial charge in [0.15, 0.2) is 0 Å². The van der Waals surface area contributed by atoms with Gasteiger partial charge in [-0.3, -0.25) is 10.00 Å². The molecule has 0 atom stereocenters. The Kier molecular flexibility index (Phi) is 3.88. The number of rotatable bonds is 3. The Morgan fingerprint density at radius 2 is 2.24 bits per heavy atom. The number of H-pyrrole nitrogens is 1. The quantitative estimate of drug-likeness (QED) is 0.814. The molecule has 94 valence electrons. The number of carbonyl (C=O) groups excluding carboxylic acids is 2. The molecule has 0 radical (unpaired) electrons. The number of carbonyl (C=O) groups is 2. The van der Waals surface area contributed by atoms with Crippen LogP contribution in [0.4, 0.5) is 10.5 Å². The van der Waals surface area contributed by atoms with Gasteiger partial charge in [-0.15, -0.1) is 0 Å². The number of hydrogen-bond donors (Lipinski definition) is 1. The second-order valence-corrected chi connectivity index (χ2v) is 4.64. The van der Waals surface area contributed by atoms with Gasteiger partial charge in [0.25, 0.3) is 0 Å². The Balaban J connectivity index is 2.90. The van der Waals surface area contributed by atoms with Gasteiger partial charge in [-0.2, -0.15) is 5.10 Å². The van der Waals surface area contributed by atoms with Crippen LogP contribution in [0.25, 0.3) is 0 Å². The predicted molar refractivity (Wildman–Crippen MR) is 63.0 cm³/mol. The zero-order chi connectivity index (χ0) is 13.1. The van der Waals surface area contributed by atoms with E-state index in [0.717, 1.165) is 0 Å². The number of nitrogens with one attached hydrogen (secondary N) is 1. The van der Waals surface area contributed by atoms with Crippen molar-refractivity contribution >= 4 is 18.1 Å². The minimum Gasteiger partial charge on any atom is -0.443 e. The average Bonchev–Trinajstić information content (AvgIpc) is 2.58. The third kappa shape index (κ3) is 3.58. The highest BCUT2D eigenvalue weighted by molar-refractivity contribution is 5.91. The summed E-state index contributed by atoms with van der Waals surface area (Å²) in [6, 6.07) is 0. The molecule has 6 heteroatoms. The Bertz CT molecular complexity index is 406. The van der Waals surface area contributed by atoms with Crippen LogP contribution in [0.5, 0.6) is 0 Å². The zero-order valence-electron chi connectivity index (χ0n) is 10.5. The van der Waals surface area contributed by atoms with Crippen LogP contribution in [0.15, 0.2) is 6.20 Å². The lowest BCUT2D eigenvalue weighted by atomic mass is 10.2. The van der Waals surface area contributed by atoms with Gasteiger partial charge in [-0.1, -0.05) is 0 Å². The number of aldehydes is 1. The lowest BCUT2D eigenvalue weighted by molar-refractivity contribution is -0.106. The fourth-order valence-corrected chi connectivity index (χ4v) is 1.28. The summed E-state index contributed by atoms with van der Waals surface area (Å²) in [4.78, 5) is 23.8. The van der Waals surface area contributed by atoms with Crippen molar-refractivity contribution in [1.29, 1.82) is 0 Å². The van der Waals surface area contributed by atoms with Crippen molar-refractivity contribution in [2.75, 3.05) is 11.4 Å². The van der Waals surface area contributed by atoms with Crippen LogP contribution in [-0.2, 0) is 9.53 Å². The molecular formula is C11H17N3O3. The van der Waals surface area contributed by atoms with Crippen molar-refractivity contribution in [3.63, 3.8) is 0 Å². The van der Waals surface area contributed by atoms with Gasteiger partial charge >= 0.3 is 6.09 Å². The third-order valence-corrected chi connectivity index (χ3v) is 1.97. The molecule has 0 aliphatic heterocycles. The monoisotopic (exact) mass is 239 g/mol. The molecule has 0 aliphatic carbocycles. The molecule has 0 saturated carbocycles. The van der Waals surface area contributed by atoms with Crippen LogP contribution in [0.1, 0.15) is 26.5 Å². The fourth-order valence-electron chi connectivity index (χ4n) is 1.28. The number of aryl methyl sites for hydroxylation is 1. The number of hydrogen-bond acceptors (Lipinski definition) is 4. The van der Waals surface area contributed by atoms with E-state index in [-0.39, 0.29) is 6.54 Å². The van der Waals surface area contributed by atoms with Crippen molar-refractivity contribution in [2.24, 2.45) is 0 Å². The van der Waals surface area contributed by atoms with Crippen LogP contribution >= 0.6 is 0 Å². The van der Waals surface area contributed by atoms with Crippen molar-refractivity contribution in [3.8, 4) is 0 Å². The number of amides is 1. The molecule has 6 nitrogen and oxygen atoms in total. The third-order valence-electron chi connectivity index (χ3n) is 1.97. The van der Waals surface area contributed by atoms with Gasteiger partial charge in [0.2, 0.25) is 0 Å². The van der Waals surface area contributed by atoms with Gasteiger partial charge in [0, 0.05) is 0 Å². The molecule has 17 heavy (non-hydrogen) atoms. The highest BCUT2D eigenvalue weighted by Crippen LogP contribution is 2.19. The second-order valence-electron chi connectivity index (χ2n) is 4.64. The number of nitrogens with zero attached hydrogens (tertiary/aromatic N) is 2. The predicted octanol–water partition coefficient (Wildman–Crippen LogP) is 1.66. The zero-order valence-corrected chi connectivity index (χ0v) is 10.5. The standard InChI is InChI=1S/C11H17N3O3/c1-8-9(7-12-13-8)14(5-6-15)10(16)17-11(2,3)4/h6-7H,5H2,1-4H3,(H,12,13). The maximum atomic E-state index is 11.9. The summed E-state index contributed by atoms with van der Waals surface area (Å²) in [6.45, 7) is 7.02. The van der Waals surface area contributed by atoms with E-state index in [1.54, 1.807) is 27.7 Å². The van der Waals surface area contributed by atoms with E-state index < -0.39 is 11.7 Å². The highest BCUT2D eigenvalue weighted by atomic mass is 16.6. The first-order chi connectivity index (χ1) is 7.85. The Hall–Kier alpha value is -1.85. The van der Waals surface area contributed by atoms with E-state index in [1.807, 2.05) is 0 Å². The lowest BCUT2D eigenvalue weighted by Crippen LogP contribution is -2.38. The van der Waals surface area contributed by atoms with Crippen LogP contribution in [0.2, 0.25) is 0 Å². The highest BCUT2D eigenvalue weighted by Gasteiger charge is 2.24. The van der Waals surface area contributed by atoms with Crippen molar-refractivity contribution in [3.05, 3.63) is 11.9 Å². The molecule has 0 unspecified atom stereocenters. The second kappa shape index (κ2) is 4.99. The summed E-state index contributed by atoms with van der Waals surface area (Å²) in [5.74, 6) is 0. The van der Waals surface area contributed by atoms with Crippen molar-refractivity contribution in [2.45, 2.75) is 33.3 Å². The Labute approximate surface area is 99.9 Å². The number of aromatic nitrogens is 2. The molecular weight excluding hydrogens is 222 g/mol. The molecule has 1 aromatic rings. The van der Waals surface area contributed by atoms with Crippen LogP contribution < -0.4 is 4.90 Å². The molecule has 0 spiro atoms. The summed E-state index contributed by atoms with van der Waals surface area (Å²) >= 11 is 0. The molecule has 0 aromatic carbocycles. The largest absolute Gasteiger partial charge is 0.443 e. The van der Waals surface area contributed by atoms with Crippen molar-refractivity contribution in [1.82, 2.24) is 10.2 Å². The van der Waals surface area contributed by atoms with Gasteiger partial charge in [0.1, 0.15) is 11.9 Å². The molecule has 0 fully saturated rings. The summed E-state index contributed by atoms with van der Waals surface area (Å²) in [7, 11) is 0. The van der Waals surface area contributed by atoms with E-state index >= 15 is 0 Å². The van der Waals surface area contributed by atoms with E-state index in [4.69, 9.17) is 4.74 Å². The first-order valence-electron chi connectivity index (χ1n) is 5.29. The maximum Gasteiger partial charge on any atom is 0.415 e. The number of aromatic amines is 1. The molecule has 1 N–H and O–H groups in total. The fraction of sp³-hybridized carbons (Fsp3) is 0.545. The topological polar surface area (TPSA) is 75.3 Å². The Morgan fingerprint density at radius 1 is 1.59 bits per heavy atom. The Morgan fingerprint density at radius 3 is 2.65 bits per heavy atom. The lowest BCUT2D eigenvalue weighted by Gasteiger charge is -2.25. The number of ether oxygens (including phenoxy) is 1. The summed E-state index contributed by atoms with van der Waals surface area (Å²) in [5, 5.41) is 6.52. The van der Waals surface area contributed by atoms with Crippen LogP contribution in [0, 0.1) is 6.92 Å². The molecule has 0 aliphatic rings. The minimum atomic E-state index is -0.601. The molecule has 0 saturated heterocycles. The van der Waals surface area contributed by atoms with Gasteiger partial charge < -0.3 is 9.53 Å². The smallest absolute Gasteiger partial charge is 0.415 e. The van der Waals surface area contributed by atoms with E-state index in [1.165, 1.54) is 11.1 Å².